The van der Waals surface area contributed by atoms with Crippen molar-refractivity contribution in [3.63, 3.8) is 0 Å². The van der Waals surface area contributed by atoms with E-state index in [1.807, 2.05) is 43.7 Å². The molecule has 3 aromatic heterocycles. The Bertz CT molecular complexity index is 900. The van der Waals surface area contributed by atoms with Gasteiger partial charge in [-0.05, 0) is 44.9 Å². The molecule has 0 aromatic carbocycles. The van der Waals surface area contributed by atoms with Gasteiger partial charge in [-0.3, -0.25) is 14.5 Å². The molecule has 26 heavy (non-hydrogen) atoms. The van der Waals surface area contributed by atoms with Gasteiger partial charge in [-0.15, -0.1) is 11.3 Å². The van der Waals surface area contributed by atoms with Crippen LogP contribution in [-0.4, -0.2) is 32.2 Å². The Hall–Kier alpha value is -2.54. The Morgan fingerprint density at radius 3 is 2.77 bits per heavy atom. The first kappa shape index (κ1) is 18.3. The normalized spacial score (nSPS) is 12.2. The number of aryl methyl sites for hydroxylation is 3. The summed E-state index contributed by atoms with van der Waals surface area (Å²) < 4.78 is 1.99. The summed E-state index contributed by atoms with van der Waals surface area (Å²) in [6.45, 7) is 9.37. The predicted octanol–water partition coefficient (Wildman–Crippen LogP) is 3.39. The summed E-state index contributed by atoms with van der Waals surface area (Å²) in [5.41, 5.74) is 3.68. The zero-order valence-corrected chi connectivity index (χ0v) is 16.3. The van der Waals surface area contributed by atoms with E-state index in [2.05, 4.69) is 33.4 Å². The molecular weight excluding hydrogens is 346 g/mol. The Balaban J connectivity index is 1.61. The van der Waals surface area contributed by atoms with Crippen molar-refractivity contribution in [3.8, 4) is 10.7 Å². The predicted molar refractivity (Wildman–Crippen MR) is 103 cm³/mol. The van der Waals surface area contributed by atoms with Gasteiger partial charge in [0, 0.05) is 25.0 Å². The van der Waals surface area contributed by atoms with E-state index in [-0.39, 0.29) is 11.8 Å². The molecule has 3 aromatic rings. The van der Waals surface area contributed by atoms with Gasteiger partial charge in [0.1, 0.15) is 9.88 Å². The lowest BCUT2D eigenvalue weighted by Crippen LogP contribution is -2.30. The quantitative estimate of drug-likeness (QED) is 0.723. The SMILES string of the molecule is Cc1cc(C)n(CC(C)CNC(=O)c2sc(-c3ccccn3)nc2C)n1. The van der Waals surface area contributed by atoms with Gasteiger partial charge < -0.3 is 5.32 Å². The Morgan fingerprint density at radius 1 is 1.31 bits per heavy atom. The lowest BCUT2D eigenvalue weighted by molar-refractivity contribution is 0.0950. The summed E-state index contributed by atoms with van der Waals surface area (Å²) >= 11 is 1.38. The van der Waals surface area contributed by atoms with Crippen LogP contribution in [0.5, 0.6) is 0 Å². The molecule has 0 aliphatic rings. The van der Waals surface area contributed by atoms with Gasteiger partial charge in [-0.25, -0.2) is 4.98 Å². The van der Waals surface area contributed by atoms with Crippen LogP contribution in [0.4, 0.5) is 0 Å². The molecule has 7 heteroatoms. The number of nitrogens with zero attached hydrogens (tertiary/aromatic N) is 4. The van der Waals surface area contributed by atoms with Crippen LogP contribution >= 0.6 is 11.3 Å². The maximum Gasteiger partial charge on any atom is 0.263 e. The highest BCUT2D eigenvalue weighted by atomic mass is 32.1. The highest BCUT2D eigenvalue weighted by Crippen LogP contribution is 2.26. The molecule has 0 saturated carbocycles. The van der Waals surface area contributed by atoms with Gasteiger partial charge in [0.05, 0.1) is 17.1 Å². The molecular formula is C19H23N5OS. The molecule has 0 bridgehead atoms. The molecule has 0 spiro atoms. The summed E-state index contributed by atoms with van der Waals surface area (Å²) in [4.78, 5) is 22.0. The van der Waals surface area contributed by atoms with E-state index >= 15 is 0 Å². The van der Waals surface area contributed by atoms with Crippen molar-refractivity contribution in [2.45, 2.75) is 34.2 Å². The number of aromatic nitrogens is 4. The highest BCUT2D eigenvalue weighted by Gasteiger charge is 2.17. The molecule has 1 unspecified atom stereocenters. The minimum absolute atomic E-state index is 0.0811. The van der Waals surface area contributed by atoms with Crippen LogP contribution < -0.4 is 5.32 Å². The number of thiazole rings is 1. The molecule has 0 radical (unpaired) electrons. The maximum absolute atomic E-state index is 12.6. The van der Waals surface area contributed by atoms with Crippen LogP contribution in [0.2, 0.25) is 0 Å². The molecule has 0 fully saturated rings. The molecule has 0 aliphatic heterocycles. The summed E-state index contributed by atoms with van der Waals surface area (Å²) in [5.74, 6) is 0.197. The second kappa shape index (κ2) is 7.78. The van der Waals surface area contributed by atoms with E-state index in [9.17, 15) is 4.79 Å². The number of carbonyl (C=O) groups excluding carboxylic acids is 1. The fraction of sp³-hybridized carbons (Fsp3) is 0.368. The van der Waals surface area contributed by atoms with Crippen LogP contribution in [0.3, 0.4) is 0 Å². The molecule has 1 amide bonds. The van der Waals surface area contributed by atoms with Crippen molar-refractivity contribution in [1.82, 2.24) is 25.1 Å². The van der Waals surface area contributed by atoms with Crippen molar-refractivity contribution >= 4 is 17.2 Å². The van der Waals surface area contributed by atoms with E-state index in [0.29, 0.717) is 11.4 Å². The van der Waals surface area contributed by atoms with Crippen molar-refractivity contribution in [3.05, 3.63) is 52.4 Å². The van der Waals surface area contributed by atoms with Gasteiger partial charge in [0.2, 0.25) is 0 Å². The molecule has 3 heterocycles. The minimum atomic E-state index is -0.0811. The molecule has 1 atom stereocenters. The number of carbonyl (C=O) groups is 1. The third-order valence-corrected chi connectivity index (χ3v) is 5.26. The lowest BCUT2D eigenvalue weighted by Gasteiger charge is -2.13. The summed E-state index contributed by atoms with van der Waals surface area (Å²) in [7, 11) is 0. The summed E-state index contributed by atoms with van der Waals surface area (Å²) in [6.07, 6.45) is 1.73. The van der Waals surface area contributed by atoms with E-state index in [1.165, 1.54) is 11.3 Å². The van der Waals surface area contributed by atoms with E-state index in [0.717, 1.165) is 34.3 Å². The second-order valence-corrected chi connectivity index (χ2v) is 7.57. The molecule has 3 rings (SSSR count). The van der Waals surface area contributed by atoms with Crippen molar-refractivity contribution < 1.29 is 4.79 Å². The zero-order chi connectivity index (χ0) is 18.7. The van der Waals surface area contributed by atoms with Gasteiger partial charge in [-0.2, -0.15) is 5.10 Å². The Kier molecular flexibility index (Phi) is 5.46. The van der Waals surface area contributed by atoms with Crippen LogP contribution in [0.1, 0.15) is 33.7 Å². The summed E-state index contributed by atoms with van der Waals surface area (Å²) in [5, 5.41) is 8.26. The van der Waals surface area contributed by atoms with Crippen LogP contribution in [0, 0.1) is 26.7 Å². The molecule has 136 valence electrons. The minimum Gasteiger partial charge on any atom is -0.351 e. The topological polar surface area (TPSA) is 72.7 Å². The monoisotopic (exact) mass is 369 g/mol. The molecule has 1 N–H and O–H groups in total. The third kappa shape index (κ3) is 4.16. The van der Waals surface area contributed by atoms with Gasteiger partial charge in [-0.1, -0.05) is 13.0 Å². The fourth-order valence-corrected chi connectivity index (χ4v) is 3.73. The van der Waals surface area contributed by atoms with Crippen molar-refractivity contribution in [2.24, 2.45) is 5.92 Å². The summed E-state index contributed by atoms with van der Waals surface area (Å²) in [6, 6.07) is 7.74. The first-order valence-corrected chi connectivity index (χ1v) is 9.43. The lowest BCUT2D eigenvalue weighted by atomic mass is 10.2. The zero-order valence-electron chi connectivity index (χ0n) is 15.5. The number of rotatable bonds is 6. The first-order chi connectivity index (χ1) is 12.4. The van der Waals surface area contributed by atoms with Crippen molar-refractivity contribution in [2.75, 3.05) is 6.54 Å². The van der Waals surface area contributed by atoms with Gasteiger partial charge in [0.25, 0.3) is 5.91 Å². The van der Waals surface area contributed by atoms with Gasteiger partial charge >= 0.3 is 0 Å². The van der Waals surface area contributed by atoms with E-state index < -0.39 is 0 Å². The highest BCUT2D eigenvalue weighted by molar-refractivity contribution is 7.17. The largest absolute Gasteiger partial charge is 0.351 e. The maximum atomic E-state index is 12.6. The first-order valence-electron chi connectivity index (χ1n) is 8.62. The van der Waals surface area contributed by atoms with Crippen LogP contribution in [-0.2, 0) is 6.54 Å². The second-order valence-electron chi connectivity index (χ2n) is 6.57. The fourth-order valence-electron chi connectivity index (χ4n) is 2.77. The number of pyridine rings is 1. The third-order valence-electron chi connectivity index (χ3n) is 4.09. The molecule has 0 saturated heterocycles. The van der Waals surface area contributed by atoms with Gasteiger partial charge in [0.15, 0.2) is 0 Å². The Morgan fingerprint density at radius 2 is 2.12 bits per heavy atom. The van der Waals surface area contributed by atoms with Crippen LogP contribution in [0.25, 0.3) is 10.7 Å². The van der Waals surface area contributed by atoms with Crippen LogP contribution in [0.15, 0.2) is 30.5 Å². The number of amides is 1. The standard InChI is InChI=1S/C19H23N5OS/c1-12(11-24-14(3)9-13(2)23-24)10-21-18(25)17-15(4)22-19(26-17)16-7-5-6-8-20-16/h5-9,12H,10-11H2,1-4H3,(H,21,25). The average Bonchev–Trinajstić information content (AvgIpc) is 3.15. The van der Waals surface area contributed by atoms with E-state index in [1.54, 1.807) is 6.20 Å². The number of nitrogens with one attached hydrogen (secondary N) is 1. The van der Waals surface area contributed by atoms with E-state index in [4.69, 9.17) is 0 Å². The number of hydrogen-bond acceptors (Lipinski definition) is 5. The Labute approximate surface area is 157 Å². The molecule has 0 aliphatic carbocycles. The number of hydrogen-bond donors (Lipinski definition) is 1. The average molecular weight is 369 g/mol. The smallest absolute Gasteiger partial charge is 0.263 e. The molecule has 6 nitrogen and oxygen atoms in total. The van der Waals surface area contributed by atoms with Crippen molar-refractivity contribution in [1.29, 1.82) is 0 Å².